The van der Waals surface area contributed by atoms with E-state index in [9.17, 15) is 4.79 Å². The van der Waals surface area contributed by atoms with Crippen LogP contribution in [0.25, 0.3) is 0 Å². The van der Waals surface area contributed by atoms with E-state index in [-0.39, 0.29) is 24.7 Å². The predicted octanol–water partition coefficient (Wildman–Crippen LogP) is 2.81. The number of aryl methyl sites for hydroxylation is 1. The van der Waals surface area contributed by atoms with Crippen molar-refractivity contribution >= 4 is 17.2 Å². The molecule has 4 rings (SSSR count). The molecule has 3 heterocycles. The minimum atomic E-state index is 0.0169. The van der Waals surface area contributed by atoms with Crippen LogP contribution in [0.3, 0.4) is 0 Å². The van der Waals surface area contributed by atoms with Crippen LogP contribution in [-0.4, -0.2) is 65.4 Å². The minimum absolute atomic E-state index is 0.0169. The lowest BCUT2D eigenvalue weighted by molar-refractivity contribution is -0.138. The van der Waals surface area contributed by atoms with E-state index in [0.717, 1.165) is 38.0 Å². The van der Waals surface area contributed by atoms with Crippen molar-refractivity contribution < 1.29 is 9.53 Å². The van der Waals surface area contributed by atoms with Gasteiger partial charge < -0.3 is 9.64 Å². The van der Waals surface area contributed by atoms with Crippen LogP contribution in [0.1, 0.15) is 29.3 Å². The number of hydrogen-bond acceptors (Lipinski definition) is 5. The monoisotopic (exact) mass is 402 g/mol. The van der Waals surface area contributed by atoms with Gasteiger partial charge in [-0.15, -0.1) is 11.3 Å². The van der Waals surface area contributed by atoms with Crippen molar-refractivity contribution in [3.8, 4) is 0 Å². The average molecular weight is 403 g/mol. The first kappa shape index (κ1) is 19.6. The van der Waals surface area contributed by atoms with Crippen LogP contribution in [0, 0.1) is 18.8 Å². The number of fused-ring (bicyclic) bond motifs is 1. The Hall–Kier alpha value is -1.70. The van der Waals surface area contributed by atoms with Crippen LogP contribution < -0.4 is 0 Å². The highest BCUT2D eigenvalue weighted by molar-refractivity contribution is 7.09. The molecular weight excluding hydrogens is 372 g/mol. The Morgan fingerprint density at radius 1 is 1.32 bits per heavy atom. The summed E-state index contributed by atoms with van der Waals surface area (Å²) < 4.78 is 8.23. The molecule has 1 aliphatic heterocycles. The molecule has 152 valence electrons. The minimum Gasteiger partial charge on any atom is -0.366 e. The molecule has 0 spiro atoms. The van der Waals surface area contributed by atoms with Crippen LogP contribution in [0.5, 0.6) is 0 Å². The third-order valence-corrected chi connectivity index (χ3v) is 6.97. The van der Waals surface area contributed by atoms with Crippen LogP contribution in [0.2, 0.25) is 0 Å². The van der Waals surface area contributed by atoms with Gasteiger partial charge in [-0.1, -0.05) is 6.07 Å². The zero-order valence-corrected chi connectivity index (χ0v) is 17.8. The zero-order valence-electron chi connectivity index (χ0n) is 17.0. The fourth-order valence-corrected chi connectivity index (χ4v) is 5.36. The number of carbonyl (C=O) groups excluding carboxylic acids is 1. The van der Waals surface area contributed by atoms with E-state index in [2.05, 4.69) is 45.3 Å². The first-order chi connectivity index (χ1) is 13.5. The zero-order chi connectivity index (χ0) is 19.7. The molecule has 1 saturated heterocycles. The number of likely N-dealkylation sites (N-methyl/N-ethyl adjacent to an activating group) is 1. The summed E-state index contributed by atoms with van der Waals surface area (Å²) in [6.45, 7) is 5.52. The molecule has 0 radical (unpaired) electrons. The van der Waals surface area contributed by atoms with Crippen molar-refractivity contribution in [2.24, 2.45) is 11.8 Å². The van der Waals surface area contributed by atoms with Gasteiger partial charge in [-0.3, -0.25) is 14.4 Å². The molecule has 0 bridgehead atoms. The number of aromatic nitrogens is 2. The molecular formula is C21H30N4O2S. The standard InChI is InChI=1S/C21H30N4O2S/c1-15-9-22-25(10-15)19-7-16-11-24(13-18-5-4-6-28-18)12-17(16)8-20(19)27-14-21(26)23(2)3/h4-6,9-10,16-17,19-20H,7-8,11-14H2,1-3H3/t16-,17+,19-,20-/m0/s1. The largest absolute Gasteiger partial charge is 0.366 e. The number of rotatable bonds is 6. The maximum absolute atomic E-state index is 12.1. The van der Waals surface area contributed by atoms with E-state index < -0.39 is 0 Å². The molecule has 7 heteroatoms. The Balaban J connectivity index is 1.46. The molecule has 2 aliphatic rings. The van der Waals surface area contributed by atoms with Gasteiger partial charge in [0.05, 0.1) is 18.3 Å². The number of amides is 1. The first-order valence-electron chi connectivity index (χ1n) is 10.1. The molecule has 0 N–H and O–H groups in total. The first-order valence-corrected chi connectivity index (χ1v) is 10.9. The van der Waals surface area contributed by atoms with Gasteiger partial charge in [-0.2, -0.15) is 5.10 Å². The van der Waals surface area contributed by atoms with Crippen molar-refractivity contribution in [1.82, 2.24) is 19.6 Å². The number of likely N-dealkylation sites (tertiary alicyclic amines) is 1. The number of hydrogen-bond donors (Lipinski definition) is 0. The van der Waals surface area contributed by atoms with E-state index >= 15 is 0 Å². The maximum atomic E-state index is 12.1. The van der Waals surface area contributed by atoms with E-state index in [1.165, 1.54) is 4.88 Å². The third-order valence-electron chi connectivity index (χ3n) is 6.11. The molecule has 1 saturated carbocycles. The summed E-state index contributed by atoms with van der Waals surface area (Å²) in [4.78, 5) is 17.7. The fraction of sp³-hybridized carbons (Fsp3) is 0.619. The van der Waals surface area contributed by atoms with Crippen molar-refractivity contribution in [3.63, 3.8) is 0 Å². The highest BCUT2D eigenvalue weighted by Gasteiger charge is 2.43. The molecule has 0 unspecified atom stereocenters. The second-order valence-electron chi connectivity index (χ2n) is 8.47. The van der Waals surface area contributed by atoms with Crippen LogP contribution in [0.4, 0.5) is 0 Å². The fourth-order valence-electron chi connectivity index (χ4n) is 4.62. The normalized spacial score (nSPS) is 27.7. The van der Waals surface area contributed by atoms with Gasteiger partial charge in [0.15, 0.2) is 0 Å². The van der Waals surface area contributed by atoms with Crippen molar-refractivity contribution in [1.29, 1.82) is 0 Å². The summed E-state index contributed by atoms with van der Waals surface area (Å²) in [7, 11) is 3.55. The molecule has 2 fully saturated rings. The van der Waals surface area contributed by atoms with Crippen molar-refractivity contribution in [2.75, 3.05) is 33.8 Å². The van der Waals surface area contributed by atoms with Gasteiger partial charge in [0, 0.05) is 44.8 Å². The Morgan fingerprint density at radius 3 is 2.75 bits per heavy atom. The lowest BCUT2D eigenvalue weighted by atomic mass is 9.77. The quantitative estimate of drug-likeness (QED) is 0.746. The molecule has 1 amide bonds. The third kappa shape index (κ3) is 4.31. The molecule has 4 atom stereocenters. The molecule has 2 aromatic heterocycles. The maximum Gasteiger partial charge on any atom is 0.248 e. The van der Waals surface area contributed by atoms with E-state index in [1.54, 1.807) is 19.0 Å². The van der Waals surface area contributed by atoms with E-state index in [4.69, 9.17) is 4.74 Å². The summed E-state index contributed by atoms with van der Waals surface area (Å²) in [5.41, 5.74) is 1.16. The number of carbonyl (C=O) groups is 1. The van der Waals surface area contributed by atoms with Crippen molar-refractivity contribution in [3.05, 3.63) is 40.3 Å². The SMILES string of the molecule is Cc1cnn([C@H]2C[C@H]3CN(Cc4cccs4)C[C@H]3C[C@@H]2OCC(=O)N(C)C)c1. The second-order valence-corrected chi connectivity index (χ2v) is 9.50. The molecule has 28 heavy (non-hydrogen) atoms. The van der Waals surface area contributed by atoms with Gasteiger partial charge in [0.1, 0.15) is 6.61 Å². The van der Waals surface area contributed by atoms with Crippen molar-refractivity contribution in [2.45, 2.75) is 38.5 Å². The average Bonchev–Trinajstić information content (AvgIpc) is 3.39. The summed E-state index contributed by atoms with van der Waals surface area (Å²) >= 11 is 1.84. The highest BCUT2D eigenvalue weighted by Crippen LogP contribution is 2.42. The predicted molar refractivity (Wildman–Crippen MR) is 110 cm³/mol. The summed E-state index contributed by atoms with van der Waals surface area (Å²) in [5, 5.41) is 6.73. The topological polar surface area (TPSA) is 50.6 Å². The Bertz CT molecular complexity index is 788. The van der Waals surface area contributed by atoms with E-state index in [0.29, 0.717) is 11.8 Å². The van der Waals surface area contributed by atoms with Crippen LogP contribution >= 0.6 is 11.3 Å². The smallest absolute Gasteiger partial charge is 0.248 e. The van der Waals surface area contributed by atoms with E-state index in [1.807, 2.05) is 17.5 Å². The summed E-state index contributed by atoms with van der Waals surface area (Å²) in [5.74, 6) is 1.31. The lowest BCUT2D eigenvalue weighted by Gasteiger charge is -2.38. The van der Waals surface area contributed by atoms with Gasteiger partial charge in [-0.05, 0) is 48.6 Å². The molecule has 6 nitrogen and oxygen atoms in total. The van der Waals surface area contributed by atoms with Crippen LogP contribution in [-0.2, 0) is 16.1 Å². The number of nitrogens with zero attached hydrogens (tertiary/aromatic N) is 4. The molecule has 0 aromatic carbocycles. The number of ether oxygens (including phenoxy) is 1. The van der Waals surface area contributed by atoms with Gasteiger partial charge in [0.2, 0.25) is 5.91 Å². The Kier molecular flexibility index (Phi) is 5.85. The lowest BCUT2D eigenvalue weighted by Crippen LogP contribution is -2.40. The molecule has 1 aliphatic carbocycles. The second kappa shape index (κ2) is 8.35. The van der Waals surface area contributed by atoms with Gasteiger partial charge in [-0.25, -0.2) is 0 Å². The van der Waals surface area contributed by atoms with Gasteiger partial charge in [0.25, 0.3) is 0 Å². The summed E-state index contributed by atoms with van der Waals surface area (Å²) in [6.07, 6.45) is 6.11. The Morgan fingerprint density at radius 2 is 2.11 bits per heavy atom. The van der Waals surface area contributed by atoms with Crippen LogP contribution in [0.15, 0.2) is 29.9 Å². The number of thiophene rings is 1. The molecule has 2 aromatic rings. The Labute approximate surface area is 171 Å². The summed E-state index contributed by atoms with van der Waals surface area (Å²) in [6, 6.07) is 4.55. The van der Waals surface area contributed by atoms with Gasteiger partial charge >= 0.3 is 0 Å². The highest BCUT2D eigenvalue weighted by atomic mass is 32.1.